The first-order chi connectivity index (χ1) is 14.1. The van der Waals surface area contributed by atoms with E-state index in [9.17, 15) is 9.59 Å². The number of para-hydroxylation sites is 1. The van der Waals surface area contributed by atoms with Crippen molar-refractivity contribution in [3.05, 3.63) is 48.2 Å². The van der Waals surface area contributed by atoms with Crippen molar-refractivity contribution in [1.29, 1.82) is 0 Å². The number of hydrogen-bond donors (Lipinski definition) is 1. The van der Waals surface area contributed by atoms with Crippen molar-refractivity contribution < 1.29 is 9.59 Å². The SMILES string of the molecule is CN1CCCC2C1CCCN2C(=O)N1c2ccccc2C(=O)Nc2cccnc21. The van der Waals surface area contributed by atoms with Gasteiger partial charge in [0.05, 0.1) is 16.9 Å². The predicted octanol–water partition coefficient (Wildman–Crippen LogP) is 3.46. The monoisotopic (exact) mass is 391 g/mol. The summed E-state index contributed by atoms with van der Waals surface area (Å²) in [5.74, 6) is 0.251. The molecule has 2 saturated heterocycles. The van der Waals surface area contributed by atoms with Crippen LogP contribution in [-0.2, 0) is 0 Å². The number of piperidine rings is 2. The molecule has 0 radical (unpaired) electrons. The van der Waals surface area contributed by atoms with Crippen molar-refractivity contribution in [1.82, 2.24) is 14.8 Å². The summed E-state index contributed by atoms with van der Waals surface area (Å²) >= 11 is 0. The van der Waals surface area contributed by atoms with Crippen LogP contribution in [0.15, 0.2) is 42.6 Å². The number of benzene rings is 1. The Kier molecular flexibility index (Phi) is 4.47. The van der Waals surface area contributed by atoms with Crippen molar-refractivity contribution in [3.63, 3.8) is 0 Å². The molecule has 2 atom stereocenters. The van der Waals surface area contributed by atoms with E-state index in [-0.39, 0.29) is 18.0 Å². The number of nitrogens with zero attached hydrogens (tertiary/aromatic N) is 4. The molecule has 150 valence electrons. The van der Waals surface area contributed by atoms with Gasteiger partial charge in [-0.25, -0.2) is 14.7 Å². The van der Waals surface area contributed by atoms with E-state index in [2.05, 4.69) is 22.2 Å². The van der Waals surface area contributed by atoms with Crippen LogP contribution < -0.4 is 10.2 Å². The Bertz CT molecular complexity index is 962. The summed E-state index contributed by atoms with van der Waals surface area (Å²) in [7, 11) is 2.16. The van der Waals surface area contributed by atoms with Gasteiger partial charge in [0.2, 0.25) is 0 Å². The number of urea groups is 1. The maximum absolute atomic E-state index is 14.0. The molecule has 0 saturated carbocycles. The van der Waals surface area contributed by atoms with Crippen LogP contribution in [0, 0.1) is 0 Å². The topological polar surface area (TPSA) is 68.8 Å². The Labute approximate surface area is 170 Å². The summed E-state index contributed by atoms with van der Waals surface area (Å²) in [5, 5.41) is 2.91. The van der Waals surface area contributed by atoms with Crippen LogP contribution in [-0.4, -0.2) is 58.9 Å². The van der Waals surface area contributed by atoms with Gasteiger partial charge >= 0.3 is 6.03 Å². The lowest BCUT2D eigenvalue weighted by Gasteiger charge is -2.49. The van der Waals surface area contributed by atoms with Crippen molar-refractivity contribution >= 4 is 29.1 Å². The van der Waals surface area contributed by atoms with E-state index in [1.54, 1.807) is 29.3 Å². The highest BCUT2D eigenvalue weighted by Crippen LogP contribution is 2.38. The van der Waals surface area contributed by atoms with Crippen LogP contribution in [0.25, 0.3) is 0 Å². The predicted molar refractivity (Wildman–Crippen MR) is 112 cm³/mol. The van der Waals surface area contributed by atoms with Crippen LogP contribution in [0.3, 0.4) is 0 Å². The van der Waals surface area contributed by atoms with Gasteiger partial charge in [0, 0.05) is 24.8 Å². The minimum atomic E-state index is -0.223. The Balaban J connectivity index is 1.60. The maximum atomic E-state index is 14.0. The van der Waals surface area contributed by atoms with E-state index < -0.39 is 0 Å². The van der Waals surface area contributed by atoms with Crippen LogP contribution in [0.2, 0.25) is 0 Å². The Morgan fingerprint density at radius 3 is 2.76 bits per heavy atom. The third-order valence-corrected chi connectivity index (χ3v) is 6.39. The lowest BCUT2D eigenvalue weighted by molar-refractivity contribution is 0.0429. The van der Waals surface area contributed by atoms with Gasteiger partial charge in [0.15, 0.2) is 5.82 Å². The van der Waals surface area contributed by atoms with Gasteiger partial charge in [0.25, 0.3) is 5.91 Å². The van der Waals surface area contributed by atoms with Gasteiger partial charge in [-0.2, -0.15) is 0 Å². The molecule has 1 N–H and O–H groups in total. The summed E-state index contributed by atoms with van der Waals surface area (Å²) in [6.07, 6.45) is 5.87. The molecule has 7 heteroatoms. The molecular weight excluding hydrogens is 366 g/mol. The van der Waals surface area contributed by atoms with Crippen molar-refractivity contribution in [2.75, 3.05) is 30.4 Å². The molecule has 0 aliphatic carbocycles. The molecule has 2 aromatic rings. The number of nitrogens with one attached hydrogen (secondary N) is 1. The number of pyridine rings is 1. The fourth-order valence-corrected chi connectivity index (χ4v) is 5.01. The first kappa shape index (κ1) is 18.1. The fraction of sp³-hybridized carbons (Fsp3) is 0.409. The van der Waals surface area contributed by atoms with Gasteiger partial charge < -0.3 is 15.1 Å². The number of hydrogen-bond acceptors (Lipinski definition) is 4. The number of aromatic nitrogens is 1. The molecule has 1 aromatic carbocycles. The molecule has 2 unspecified atom stereocenters. The lowest BCUT2D eigenvalue weighted by Crippen LogP contribution is -2.60. The molecule has 0 bridgehead atoms. The van der Waals surface area contributed by atoms with E-state index >= 15 is 0 Å². The number of rotatable bonds is 0. The minimum Gasteiger partial charge on any atom is -0.319 e. The number of carbonyl (C=O) groups excluding carboxylic acids is 2. The fourth-order valence-electron chi connectivity index (χ4n) is 5.01. The second kappa shape index (κ2) is 7.15. The lowest BCUT2D eigenvalue weighted by atomic mass is 9.88. The molecule has 29 heavy (non-hydrogen) atoms. The van der Waals surface area contributed by atoms with Crippen LogP contribution in [0.5, 0.6) is 0 Å². The number of likely N-dealkylation sites (tertiary alicyclic amines) is 2. The molecule has 0 spiro atoms. The largest absolute Gasteiger partial charge is 0.330 e. The third-order valence-electron chi connectivity index (χ3n) is 6.39. The van der Waals surface area contributed by atoms with Gasteiger partial charge in [0.1, 0.15) is 0 Å². The molecule has 3 aliphatic heterocycles. The average Bonchev–Trinajstić information content (AvgIpc) is 2.87. The Morgan fingerprint density at radius 2 is 1.86 bits per heavy atom. The molecular formula is C22H25N5O2. The van der Waals surface area contributed by atoms with E-state index in [0.29, 0.717) is 28.8 Å². The van der Waals surface area contributed by atoms with Crippen LogP contribution >= 0.6 is 0 Å². The third kappa shape index (κ3) is 2.97. The minimum absolute atomic E-state index is 0.0982. The second-order valence-electron chi connectivity index (χ2n) is 8.06. The van der Waals surface area contributed by atoms with Gasteiger partial charge in [-0.15, -0.1) is 0 Å². The smallest absolute Gasteiger partial charge is 0.319 e. The van der Waals surface area contributed by atoms with Crippen LogP contribution in [0.1, 0.15) is 36.0 Å². The second-order valence-corrected chi connectivity index (χ2v) is 8.06. The molecule has 1 aromatic heterocycles. The molecule has 7 nitrogen and oxygen atoms in total. The molecule has 3 amide bonds. The van der Waals surface area contributed by atoms with E-state index in [1.165, 1.54) is 0 Å². The Hall–Kier alpha value is -2.93. The molecule has 2 fully saturated rings. The standard InChI is InChI=1S/C22H25N5O2/c1-25-13-5-11-19-18(25)10-6-14-26(19)22(29)27-17-9-3-2-7-15(17)21(28)24-16-8-4-12-23-20(16)27/h2-4,7-9,12,18-19H,5-6,10-11,13-14H2,1H3,(H,24,28). The zero-order chi connectivity index (χ0) is 20.0. The number of carbonyl (C=O) groups is 2. The van der Waals surface area contributed by atoms with E-state index in [0.717, 1.165) is 38.8 Å². The zero-order valence-corrected chi connectivity index (χ0v) is 16.5. The zero-order valence-electron chi connectivity index (χ0n) is 16.5. The number of fused-ring (bicyclic) bond motifs is 3. The summed E-state index contributed by atoms with van der Waals surface area (Å²) in [5.41, 5.74) is 1.61. The highest BCUT2D eigenvalue weighted by atomic mass is 16.2. The Morgan fingerprint density at radius 1 is 1.07 bits per heavy atom. The maximum Gasteiger partial charge on any atom is 0.330 e. The van der Waals surface area contributed by atoms with Gasteiger partial charge in [-0.1, -0.05) is 12.1 Å². The molecule has 3 aliphatic rings. The summed E-state index contributed by atoms with van der Waals surface area (Å²) < 4.78 is 0. The summed E-state index contributed by atoms with van der Waals surface area (Å²) in [4.78, 5) is 37.2. The summed E-state index contributed by atoms with van der Waals surface area (Å²) in [6.45, 7) is 1.81. The molecule has 5 rings (SSSR count). The highest BCUT2D eigenvalue weighted by Gasteiger charge is 2.42. The van der Waals surface area contributed by atoms with Gasteiger partial charge in [-0.05, 0) is 63.5 Å². The first-order valence-electron chi connectivity index (χ1n) is 10.3. The number of anilines is 3. The van der Waals surface area contributed by atoms with Crippen LogP contribution in [0.4, 0.5) is 22.0 Å². The highest BCUT2D eigenvalue weighted by molar-refractivity contribution is 6.16. The van der Waals surface area contributed by atoms with Crippen molar-refractivity contribution in [3.8, 4) is 0 Å². The first-order valence-corrected chi connectivity index (χ1v) is 10.3. The molecule has 4 heterocycles. The van der Waals surface area contributed by atoms with Gasteiger partial charge in [-0.3, -0.25) is 4.79 Å². The van der Waals surface area contributed by atoms with Crippen molar-refractivity contribution in [2.24, 2.45) is 0 Å². The summed E-state index contributed by atoms with van der Waals surface area (Å²) in [6, 6.07) is 11.3. The average molecular weight is 391 g/mol. The quantitative estimate of drug-likeness (QED) is 0.747. The number of likely N-dealkylation sites (N-methyl/N-ethyl adjacent to an activating group) is 1. The normalized spacial score (nSPS) is 24.1. The van der Waals surface area contributed by atoms with E-state index in [1.807, 2.05) is 23.1 Å². The van der Waals surface area contributed by atoms with E-state index in [4.69, 9.17) is 0 Å². The number of amides is 3. The van der Waals surface area contributed by atoms with Crippen molar-refractivity contribution in [2.45, 2.75) is 37.8 Å².